The van der Waals surface area contributed by atoms with Crippen molar-refractivity contribution >= 4 is 0 Å². The molecular weight excluding hydrogens is 181 g/mol. The van der Waals surface area contributed by atoms with E-state index in [9.17, 15) is 13.2 Å². The average Bonchev–Trinajstić information content (AvgIpc) is 2.02. The Morgan fingerprint density at radius 2 is 2.00 bits per heavy atom. The minimum atomic E-state index is -4.24. The smallest absolute Gasteiger partial charge is 0.347 e. The van der Waals surface area contributed by atoms with Crippen LogP contribution in [0.1, 0.15) is 6.92 Å². The van der Waals surface area contributed by atoms with Crippen LogP contribution in [0.4, 0.5) is 13.2 Å². The number of rotatable bonds is 1. The Balaban J connectivity index is 2.72. The number of halogens is 3. The molecule has 1 rings (SSSR count). The molecule has 2 nitrogen and oxygen atoms in total. The van der Waals surface area contributed by atoms with Gasteiger partial charge >= 0.3 is 6.18 Å². The van der Waals surface area contributed by atoms with Gasteiger partial charge < -0.3 is 10.6 Å². The van der Waals surface area contributed by atoms with Crippen molar-refractivity contribution in [3.63, 3.8) is 0 Å². The molecule has 0 fully saturated rings. The van der Waals surface area contributed by atoms with Crippen molar-refractivity contribution in [1.82, 2.24) is 4.90 Å². The monoisotopic (exact) mass is 192 g/mol. The van der Waals surface area contributed by atoms with E-state index < -0.39 is 18.4 Å². The summed E-state index contributed by atoms with van der Waals surface area (Å²) >= 11 is 0. The Morgan fingerprint density at radius 3 is 2.46 bits per heavy atom. The minimum absolute atomic E-state index is 0.693. The second kappa shape index (κ2) is 3.41. The summed E-state index contributed by atoms with van der Waals surface area (Å²) in [5.74, 6) is 0. The molecule has 1 heterocycles. The number of nitrogens with two attached hydrogens (primary N) is 1. The molecule has 1 aliphatic heterocycles. The molecule has 0 saturated carbocycles. The highest BCUT2D eigenvalue weighted by molar-refractivity contribution is 5.13. The largest absolute Gasteiger partial charge is 0.408 e. The fourth-order valence-electron chi connectivity index (χ4n) is 1.08. The molecule has 0 saturated heterocycles. The Labute approximate surface area is 74.5 Å². The van der Waals surface area contributed by atoms with Gasteiger partial charge in [-0.05, 0) is 19.1 Å². The third-order valence-corrected chi connectivity index (χ3v) is 1.94. The second-order valence-corrected chi connectivity index (χ2v) is 2.88. The van der Waals surface area contributed by atoms with Crippen LogP contribution in [0.5, 0.6) is 0 Å². The van der Waals surface area contributed by atoms with E-state index in [2.05, 4.69) is 0 Å². The van der Waals surface area contributed by atoms with Crippen LogP contribution in [0, 0.1) is 0 Å². The van der Waals surface area contributed by atoms with Crippen molar-refractivity contribution in [2.24, 2.45) is 5.73 Å². The summed E-state index contributed by atoms with van der Waals surface area (Å²) in [4.78, 5) is 1.07. The number of hydrogen-bond acceptors (Lipinski definition) is 2. The highest BCUT2D eigenvalue weighted by Gasteiger charge is 2.40. The van der Waals surface area contributed by atoms with Gasteiger partial charge in [-0.1, -0.05) is 6.08 Å². The van der Waals surface area contributed by atoms with Gasteiger partial charge in [0.15, 0.2) is 0 Å². The van der Waals surface area contributed by atoms with Gasteiger partial charge in [-0.25, -0.2) is 0 Å². The van der Waals surface area contributed by atoms with Crippen molar-refractivity contribution in [3.05, 3.63) is 24.4 Å². The lowest BCUT2D eigenvalue weighted by Crippen LogP contribution is -2.49. The van der Waals surface area contributed by atoms with Crippen molar-refractivity contribution in [2.45, 2.75) is 25.3 Å². The normalized spacial score (nSPS) is 25.0. The molecule has 0 spiro atoms. The average molecular weight is 192 g/mol. The van der Waals surface area contributed by atoms with Crippen molar-refractivity contribution < 1.29 is 13.2 Å². The Hall–Kier alpha value is -0.970. The quantitative estimate of drug-likeness (QED) is 0.683. The van der Waals surface area contributed by atoms with Gasteiger partial charge in [-0.2, -0.15) is 13.2 Å². The van der Waals surface area contributed by atoms with Crippen LogP contribution in [-0.4, -0.2) is 23.3 Å². The lowest BCUT2D eigenvalue weighted by atomic mass is 10.2. The first kappa shape index (κ1) is 10.1. The zero-order valence-electron chi connectivity index (χ0n) is 7.12. The van der Waals surface area contributed by atoms with Crippen LogP contribution < -0.4 is 5.73 Å². The predicted octanol–water partition coefficient (Wildman–Crippen LogP) is 1.61. The van der Waals surface area contributed by atoms with E-state index >= 15 is 0 Å². The third kappa shape index (κ3) is 2.24. The summed E-state index contributed by atoms with van der Waals surface area (Å²) in [6.45, 7) is 1.09. The number of alkyl halides is 3. The van der Waals surface area contributed by atoms with Crippen LogP contribution in [0.25, 0.3) is 0 Å². The first-order valence-corrected chi connectivity index (χ1v) is 3.87. The number of nitrogens with zero attached hydrogens (tertiary/aromatic N) is 1. The van der Waals surface area contributed by atoms with Crippen molar-refractivity contribution in [2.75, 3.05) is 0 Å². The van der Waals surface area contributed by atoms with Crippen LogP contribution in [0.3, 0.4) is 0 Å². The molecule has 2 N–H and O–H groups in total. The van der Waals surface area contributed by atoms with Crippen LogP contribution in [0.15, 0.2) is 24.4 Å². The van der Waals surface area contributed by atoms with Crippen molar-refractivity contribution in [3.8, 4) is 0 Å². The van der Waals surface area contributed by atoms with Crippen molar-refractivity contribution in [1.29, 1.82) is 0 Å². The van der Waals surface area contributed by atoms with E-state index in [4.69, 9.17) is 5.73 Å². The highest BCUT2D eigenvalue weighted by Crippen LogP contribution is 2.26. The van der Waals surface area contributed by atoms with Gasteiger partial charge in [-0.3, -0.25) is 0 Å². The van der Waals surface area contributed by atoms with E-state index in [1.165, 1.54) is 18.4 Å². The van der Waals surface area contributed by atoms with E-state index in [0.717, 1.165) is 11.8 Å². The molecule has 0 bridgehead atoms. The maximum Gasteiger partial charge on any atom is 0.408 e. The first-order valence-electron chi connectivity index (χ1n) is 3.87. The number of allylic oxidation sites excluding steroid dienone is 2. The molecule has 0 amide bonds. The SMILES string of the molecule is CC(N1C=CC=CC1N)C(F)(F)F. The summed E-state index contributed by atoms with van der Waals surface area (Å²) in [6, 6.07) is -1.55. The summed E-state index contributed by atoms with van der Waals surface area (Å²) in [5, 5.41) is 0. The molecule has 0 aromatic carbocycles. The van der Waals surface area contributed by atoms with E-state index in [1.54, 1.807) is 6.08 Å². The molecule has 2 unspecified atom stereocenters. The summed E-state index contributed by atoms with van der Waals surface area (Å²) in [5.41, 5.74) is 5.46. The number of hydrogen-bond donors (Lipinski definition) is 1. The molecule has 1 aliphatic rings. The standard InChI is InChI=1S/C8H11F3N2/c1-6(8(9,10)11)13-5-3-2-4-7(13)12/h2-7H,12H2,1H3. The second-order valence-electron chi connectivity index (χ2n) is 2.88. The topological polar surface area (TPSA) is 29.3 Å². The van der Waals surface area contributed by atoms with Crippen LogP contribution >= 0.6 is 0 Å². The maximum atomic E-state index is 12.3. The summed E-state index contributed by atoms with van der Waals surface area (Å²) < 4.78 is 36.8. The fourth-order valence-corrected chi connectivity index (χ4v) is 1.08. The molecule has 0 aromatic rings. The van der Waals surface area contributed by atoms with Gasteiger partial charge in [0.2, 0.25) is 0 Å². The third-order valence-electron chi connectivity index (χ3n) is 1.94. The lowest BCUT2D eigenvalue weighted by molar-refractivity contribution is -0.175. The molecule has 0 radical (unpaired) electrons. The molecule has 0 aromatic heterocycles. The fraction of sp³-hybridized carbons (Fsp3) is 0.500. The van der Waals surface area contributed by atoms with Gasteiger partial charge in [0, 0.05) is 6.20 Å². The van der Waals surface area contributed by atoms with Crippen LogP contribution in [0.2, 0.25) is 0 Å². The zero-order valence-corrected chi connectivity index (χ0v) is 7.12. The summed E-state index contributed by atoms with van der Waals surface area (Å²) in [6.07, 6.45) is 1.09. The highest BCUT2D eigenvalue weighted by atomic mass is 19.4. The first-order chi connectivity index (χ1) is 5.93. The van der Waals surface area contributed by atoms with Gasteiger partial charge in [0.1, 0.15) is 6.04 Å². The van der Waals surface area contributed by atoms with E-state index in [0.29, 0.717) is 0 Å². The Bertz CT molecular complexity index is 232. The predicted molar refractivity (Wildman–Crippen MR) is 43.6 cm³/mol. The molecule has 0 aliphatic carbocycles. The Kier molecular flexibility index (Phi) is 2.66. The lowest BCUT2D eigenvalue weighted by Gasteiger charge is -2.34. The Morgan fingerprint density at radius 1 is 1.38 bits per heavy atom. The molecular formula is C8H11F3N2. The minimum Gasteiger partial charge on any atom is -0.347 e. The van der Waals surface area contributed by atoms with E-state index in [1.807, 2.05) is 0 Å². The van der Waals surface area contributed by atoms with Gasteiger partial charge in [0.05, 0.1) is 6.17 Å². The maximum absolute atomic E-state index is 12.3. The van der Waals surface area contributed by atoms with Gasteiger partial charge in [0.25, 0.3) is 0 Å². The zero-order chi connectivity index (χ0) is 10.1. The van der Waals surface area contributed by atoms with Crippen LogP contribution in [-0.2, 0) is 0 Å². The van der Waals surface area contributed by atoms with E-state index in [-0.39, 0.29) is 0 Å². The molecule has 13 heavy (non-hydrogen) atoms. The molecule has 5 heteroatoms. The molecule has 74 valence electrons. The van der Waals surface area contributed by atoms with Gasteiger partial charge in [-0.15, -0.1) is 0 Å². The summed E-state index contributed by atoms with van der Waals surface area (Å²) in [7, 11) is 0. The molecule has 2 atom stereocenters.